The molecule has 0 aromatic rings. The Hall–Kier alpha value is -3.15. The van der Waals surface area contributed by atoms with Crippen molar-refractivity contribution in [2.45, 2.75) is 277 Å². The summed E-state index contributed by atoms with van der Waals surface area (Å²) < 4.78 is 16.8. The van der Waals surface area contributed by atoms with E-state index >= 15 is 0 Å². The maximum Gasteiger partial charge on any atom is 0.306 e. The second-order valence-electron chi connectivity index (χ2n) is 18.5. The van der Waals surface area contributed by atoms with Gasteiger partial charge in [-0.25, -0.2) is 0 Å². The van der Waals surface area contributed by atoms with Crippen molar-refractivity contribution in [2.75, 3.05) is 13.2 Å². The minimum Gasteiger partial charge on any atom is -0.462 e. The van der Waals surface area contributed by atoms with Gasteiger partial charge in [0.2, 0.25) is 0 Å². The van der Waals surface area contributed by atoms with E-state index in [0.29, 0.717) is 19.3 Å². The molecule has 1 atom stereocenters. The second-order valence-corrected chi connectivity index (χ2v) is 18.5. The maximum atomic E-state index is 12.8. The van der Waals surface area contributed by atoms with Gasteiger partial charge in [0, 0.05) is 19.3 Å². The standard InChI is InChI=1S/C60H104O6/c1-4-7-10-13-16-19-22-25-28-29-30-31-33-35-38-41-44-47-50-53-59(62)65-56-57(55-64-58(61)52-49-46-43-40-37-34-27-24-21-18-15-12-9-6-3)66-60(63)54-51-48-45-42-39-36-32-26-23-20-17-14-11-8-5-2/h8,11,15,17-18,20,24,26-27,32,39,42,57H,4-7,9-10,12-14,16,19,21-23,25,28-31,33-38,40-41,43-56H2,1-3H3/b11-8-,18-15-,20-17-,27-24-,32-26-,42-39-. The van der Waals surface area contributed by atoms with Gasteiger partial charge in [0.25, 0.3) is 0 Å². The first-order chi connectivity index (χ1) is 32.5. The summed E-state index contributed by atoms with van der Waals surface area (Å²) in [6, 6.07) is 0. The Labute approximate surface area is 408 Å². The van der Waals surface area contributed by atoms with Gasteiger partial charge >= 0.3 is 17.9 Å². The molecule has 380 valence electrons. The van der Waals surface area contributed by atoms with Crippen LogP contribution in [0.3, 0.4) is 0 Å². The van der Waals surface area contributed by atoms with Gasteiger partial charge in [0.05, 0.1) is 0 Å². The highest BCUT2D eigenvalue weighted by atomic mass is 16.6. The van der Waals surface area contributed by atoms with Crippen LogP contribution in [0.5, 0.6) is 0 Å². The molecule has 0 spiro atoms. The summed E-state index contributed by atoms with van der Waals surface area (Å²) in [6.45, 7) is 6.46. The zero-order valence-electron chi connectivity index (χ0n) is 43.4. The Morgan fingerprint density at radius 3 is 1.00 bits per heavy atom. The molecule has 6 heteroatoms. The van der Waals surface area contributed by atoms with Crippen LogP contribution in [0.4, 0.5) is 0 Å². The number of carbonyl (C=O) groups is 3. The van der Waals surface area contributed by atoms with E-state index in [1.165, 1.54) is 122 Å². The van der Waals surface area contributed by atoms with Crippen molar-refractivity contribution >= 4 is 17.9 Å². The van der Waals surface area contributed by atoms with Crippen molar-refractivity contribution < 1.29 is 28.6 Å². The molecule has 66 heavy (non-hydrogen) atoms. The van der Waals surface area contributed by atoms with E-state index in [-0.39, 0.29) is 37.5 Å². The average molecular weight is 921 g/mol. The van der Waals surface area contributed by atoms with Gasteiger partial charge < -0.3 is 14.2 Å². The molecule has 0 aliphatic rings. The average Bonchev–Trinajstić information content (AvgIpc) is 3.31. The number of rotatable bonds is 50. The van der Waals surface area contributed by atoms with E-state index in [9.17, 15) is 14.4 Å². The zero-order chi connectivity index (χ0) is 47.9. The minimum absolute atomic E-state index is 0.0947. The van der Waals surface area contributed by atoms with Gasteiger partial charge in [-0.1, -0.05) is 241 Å². The third kappa shape index (κ3) is 51.8. The van der Waals surface area contributed by atoms with E-state index in [1.54, 1.807) is 0 Å². The Kier molecular flexibility index (Phi) is 51.9. The molecular formula is C60H104O6. The van der Waals surface area contributed by atoms with Crippen LogP contribution in [0.15, 0.2) is 72.9 Å². The highest BCUT2D eigenvalue weighted by Gasteiger charge is 2.19. The predicted octanol–water partition coefficient (Wildman–Crippen LogP) is 18.6. The molecule has 0 aromatic heterocycles. The molecule has 0 aliphatic carbocycles. The molecule has 0 aromatic carbocycles. The first kappa shape index (κ1) is 62.8. The Balaban J connectivity index is 4.41. The van der Waals surface area contributed by atoms with Crippen molar-refractivity contribution in [2.24, 2.45) is 0 Å². The first-order valence-corrected chi connectivity index (χ1v) is 27.9. The van der Waals surface area contributed by atoms with Crippen molar-refractivity contribution in [1.82, 2.24) is 0 Å². The van der Waals surface area contributed by atoms with Crippen LogP contribution < -0.4 is 0 Å². The van der Waals surface area contributed by atoms with Crippen LogP contribution in [0.25, 0.3) is 0 Å². The first-order valence-electron chi connectivity index (χ1n) is 27.9. The van der Waals surface area contributed by atoms with E-state index in [2.05, 4.69) is 93.7 Å². The molecule has 0 fully saturated rings. The summed E-state index contributed by atoms with van der Waals surface area (Å²) in [7, 11) is 0. The highest BCUT2D eigenvalue weighted by Crippen LogP contribution is 2.16. The third-order valence-corrected chi connectivity index (χ3v) is 11.9. The highest BCUT2D eigenvalue weighted by molar-refractivity contribution is 5.71. The molecule has 0 bridgehead atoms. The number of esters is 3. The van der Waals surface area contributed by atoms with Gasteiger partial charge in [0.1, 0.15) is 13.2 Å². The number of unbranched alkanes of at least 4 members (excludes halogenated alkanes) is 27. The summed E-state index contributed by atoms with van der Waals surface area (Å²) in [6.07, 6.45) is 68.9. The monoisotopic (exact) mass is 921 g/mol. The van der Waals surface area contributed by atoms with Gasteiger partial charge in [-0.15, -0.1) is 0 Å². The van der Waals surface area contributed by atoms with Gasteiger partial charge in [-0.2, -0.15) is 0 Å². The second kappa shape index (κ2) is 54.5. The summed E-state index contributed by atoms with van der Waals surface area (Å²) in [4.78, 5) is 38.1. The van der Waals surface area contributed by atoms with Crippen LogP contribution in [0.2, 0.25) is 0 Å². The van der Waals surface area contributed by atoms with Crippen LogP contribution in [0, 0.1) is 0 Å². The van der Waals surface area contributed by atoms with Crippen molar-refractivity contribution in [3.05, 3.63) is 72.9 Å². The summed E-state index contributed by atoms with van der Waals surface area (Å²) in [5.74, 6) is -0.944. The Morgan fingerprint density at radius 1 is 0.318 bits per heavy atom. The largest absolute Gasteiger partial charge is 0.462 e. The summed E-state index contributed by atoms with van der Waals surface area (Å²) in [5.41, 5.74) is 0. The number of carbonyl (C=O) groups excluding carboxylic acids is 3. The topological polar surface area (TPSA) is 78.9 Å². The molecule has 0 aliphatic heterocycles. The van der Waals surface area contributed by atoms with Crippen molar-refractivity contribution in [3.8, 4) is 0 Å². The molecule has 0 saturated carbocycles. The number of ether oxygens (including phenoxy) is 3. The number of hydrogen-bond acceptors (Lipinski definition) is 6. The lowest BCUT2D eigenvalue weighted by Crippen LogP contribution is -2.30. The van der Waals surface area contributed by atoms with Crippen LogP contribution >= 0.6 is 0 Å². The molecule has 0 heterocycles. The molecule has 6 nitrogen and oxygen atoms in total. The molecule has 0 rings (SSSR count). The molecule has 0 amide bonds. The minimum atomic E-state index is -0.801. The molecule has 0 radical (unpaired) electrons. The Morgan fingerprint density at radius 2 is 0.606 bits per heavy atom. The maximum absolute atomic E-state index is 12.8. The van der Waals surface area contributed by atoms with E-state index in [0.717, 1.165) is 103 Å². The third-order valence-electron chi connectivity index (χ3n) is 11.9. The fraction of sp³-hybridized carbons (Fsp3) is 0.750. The number of allylic oxidation sites excluding steroid dienone is 12. The summed E-state index contributed by atoms with van der Waals surface area (Å²) in [5, 5.41) is 0. The van der Waals surface area contributed by atoms with E-state index < -0.39 is 6.10 Å². The smallest absolute Gasteiger partial charge is 0.306 e. The molecule has 0 N–H and O–H groups in total. The van der Waals surface area contributed by atoms with Crippen molar-refractivity contribution in [3.63, 3.8) is 0 Å². The predicted molar refractivity (Wildman–Crippen MR) is 284 cm³/mol. The lowest BCUT2D eigenvalue weighted by molar-refractivity contribution is -0.167. The van der Waals surface area contributed by atoms with Gasteiger partial charge in [-0.3, -0.25) is 14.4 Å². The SMILES string of the molecule is CC/C=C\C/C=C\C/C=C\C/C=C\CCCCC(=O)OC(COC(=O)CCCCCCC/C=C\C/C=C\CCCC)COC(=O)CCCCCCCCCCCCCCCCCCCCC. The van der Waals surface area contributed by atoms with Crippen LogP contribution in [-0.4, -0.2) is 37.2 Å². The fourth-order valence-corrected chi connectivity index (χ4v) is 7.74. The lowest BCUT2D eigenvalue weighted by atomic mass is 10.0. The van der Waals surface area contributed by atoms with Gasteiger partial charge in [0.15, 0.2) is 6.10 Å². The molecule has 1 unspecified atom stereocenters. The lowest BCUT2D eigenvalue weighted by Gasteiger charge is -2.18. The van der Waals surface area contributed by atoms with E-state index in [4.69, 9.17) is 14.2 Å². The van der Waals surface area contributed by atoms with Crippen LogP contribution in [0.1, 0.15) is 271 Å². The Bertz CT molecular complexity index is 1240. The molecular weight excluding hydrogens is 817 g/mol. The zero-order valence-corrected chi connectivity index (χ0v) is 43.4. The van der Waals surface area contributed by atoms with E-state index in [1.807, 2.05) is 0 Å². The fourth-order valence-electron chi connectivity index (χ4n) is 7.74. The normalized spacial score (nSPS) is 12.6. The van der Waals surface area contributed by atoms with Gasteiger partial charge in [-0.05, 0) is 83.5 Å². The molecule has 0 saturated heterocycles. The van der Waals surface area contributed by atoms with Crippen molar-refractivity contribution in [1.29, 1.82) is 0 Å². The number of hydrogen-bond donors (Lipinski definition) is 0. The van der Waals surface area contributed by atoms with Crippen LogP contribution in [-0.2, 0) is 28.6 Å². The summed E-state index contributed by atoms with van der Waals surface area (Å²) >= 11 is 0. The quantitative estimate of drug-likeness (QED) is 0.0262.